The number of rotatable bonds is 4. The van der Waals surface area contributed by atoms with Crippen molar-refractivity contribution in [1.29, 1.82) is 0 Å². The third-order valence-corrected chi connectivity index (χ3v) is 4.21. The predicted octanol–water partition coefficient (Wildman–Crippen LogP) is 3.56. The van der Waals surface area contributed by atoms with Gasteiger partial charge in [-0.2, -0.15) is 4.37 Å². The van der Waals surface area contributed by atoms with E-state index in [2.05, 4.69) is 24.6 Å². The second-order valence-corrected chi connectivity index (χ2v) is 6.12. The molecule has 2 N–H and O–H groups in total. The van der Waals surface area contributed by atoms with Crippen molar-refractivity contribution in [2.24, 2.45) is 0 Å². The fourth-order valence-electron chi connectivity index (χ4n) is 2.09. The minimum Gasteiger partial charge on any atom is -0.353 e. The first-order valence-electron chi connectivity index (χ1n) is 6.49. The molecule has 3 aromatic rings. The lowest BCUT2D eigenvalue weighted by atomic mass is 10.3. The lowest BCUT2D eigenvalue weighted by Gasteiger charge is -1.97. The van der Waals surface area contributed by atoms with Crippen LogP contribution in [0.5, 0.6) is 0 Å². The molecule has 1 aliphatic rings. The van der Waals surface area contributed by atoms with Gasteiger partial charge in [-0.1, -0.05) is 11.6 Å². The molecule has 0 spiro atoms. The van der Waals surface area contributed by atoms with E-state index in [1.54, 1.807) is 0 Å². The number of benzene rings is 1. The summed E-state index contributed by atoms with van der Waals surface area (Å²) in [6.07, 6.45) is 2.45. The first kappa shape index (κ1) is 12.1. The van der Waals surface area contributed by atoms with E-state index in [4.69, 9.17) is 11.6 Å². The van der Waals surface area contributed by atoms with Crippen molar-refractivity contribution in [3.63, 3.8) is 0 Å². The van der Waals surface area contributed by atoms with Gasteiger partial charge in [0.05, 0.1) is 17.6 Å². The predicted molar refractivity (Wildman–Crippen MR) is 80.3 cm³/mol. The molecule has 0 unspecified atom stereocenters. The van der Waals surface area contributed by atoms with E-state index in [1.807, 2.05) is 18.2 Å². The average molecular weight is 306 g/mol. The molecule has 0 atom stereocenters. The summed E-state index contributed by atoms with van der Waals surface area (Å²) in [4.78, 5) is 12.2. The van der Waals surface area contributed by atoms with Gasteiger partial charge in [0.2, 0.25) is 5.13 Å². The summed E-state index contributed by atoms with van der Waals surface area (Å²) in [7, 11) is 0. The Balaban J connectivity index is 1.48. The number of H-pyrrole nitrogens is 1. The highest BCUT2D eigenvalue weighted by Gasteiger charge is 2.27. The van der Waals surface area contributed by atoms with Gasteiger partial charge >= 0.3 is 0 Å². The van der Waals surface area contributed by atoms with Crippen molar-refractivity contribution in [2.45, 2.75) is 25.3 Å². The van der Waals surface area contributed by atoms with Crippen LogP contribution >= 0.6 is 23.1 Å². The molecule has 1 fully saturated rings. The van der Waals surface area contributed by atoms with Crippen LogP contribution in [0.1, 0.15) is 30.4 Å². The zero-order valence-corrected chi connectivity index (χ0v) is 12.1. The lowest BCUT2D eigenvalue weighted by molar-refractivity contribution is 0.966. The Labute approximate surface area is 124 Å². The number of nitrogens with zero attached hydrogens (tertiary/aromatic N) is 3. The maximum absolute atomic E-state index is 5.96. The number of halogens is 1. The smallest absolute Gasteiger partial charge is 0.202 e. The molecule has 102 valence electrons. The molecule has 1 saturated carbocycles. The van der Waals surface area contributed by atoms with Gasteiger partial charge in [0, 0.05) is 22.5 Å². The van der Waals surface area contributed by atoms with Crippen LogP contribution in [0, 0.1) is 0 Å². The van der Waals surface area contributed by atoms with Crippen LogP contribution in [0.25, 0.3) is 11.0 Å². The number of anilines is 1. The number of hydrogen-bond donors (Lipinski definition) is 2. The molecule has 2 aromatic heterocycles. The zero-order valence-electron chi connectivity index (χ0n) is 10.6. The summed E-state index contributed by atoms with van der Waals surface area (Å²) in [6.45, 7) is 0.603. The average Bonchev–Trinajstić information content (AvgIpc) is 3.04. The van der Waals surface area contributed by atoms with E-state index in [-0.39, 0.29) is 0 Å². The fourth-order valence-corrected chi connectivity index (χ4v) is 2.90. The van der Waals surface area contributed by atoms with Crippen molar-refractivity contribution in [1.82, 2.24) is 19.3 Å². The fraction of sp³-hybridized carbons (Fsp3) is 0.308. The first-order valence-corrected chi connectivity index (χ1v) is 7.65. The van der Waals surface area contributed by atoms with Crippen molar-refractivity contribution < 1.29 is 0 Å². The SMILES string of the molecule is Clc1ccc2nc(CNc3nc(C4CC4)ns3)[nH]c2c1. The van der Waals surface area contributed by atoms with Crippen LogP contribution in [0.3, 0.4) is 0 Å². The van der Waals surface area contributed by atoms with Crippen molar-refractivity contribution in [2.75, 3.05) is 5.32 Å². The number of nitrogens with one attached hydrogen (secondary N) is 2. The standard InChI is InChI=1S/C13H12ClN5S/c14-8-3-4-9-10(5-8)17-11(16-9)6-15-13-18-12(19-20-13)7-1-2-7/h3-5,7H,1-2,6H2,(H,16,17)(H,15,18,19). The summed E-state index contributed by atoms with van der Waals surface area (Å²) in [5.41, 5.74) is 1.87. The third kappa shape index (κ3) is 2.36. The molecule has 0 radical (unpaired) electrons. The lowest BCUT2D eigenvalue weighted by Crippen LogP contribution is -2.00. The summed E-state index contributed by atoms with van der Waals surface area (Å²) in [6, 6.07) is 5.63. The van der Waals surface area contributed by atoms with Crippen molar-refractivity contribution in [3.8, 4) is 0 Å². The molecule has 4 rings (SSSR count). The van der Waals surface area contributed by atoms with Crippen LogP contribution in [0.2, 0.25) is 5.02 Å². The number of aromatic nitrogens is 4. The highest BCUT2D eigenvalue weighted by molar-refractivity contribution is 7.09. The molecule has 5 nitrogen and oxygen atoms in total. The van der Waals surface area contributed by atoms with E-state index in [9.17, 15) is 0 Å². The van der Waals surface area contributed by atoms with Crippen LogP contribution in [-0.2, 0) is 6.54 Å². The Morgan fingerprint density at radius 3 is 3.10 bits per heavy atom. The Hall–Kier alpha value is -1.66. The molecule has 7 heteroatoms. The maximum atomic E-state index is 5.96. The first-order chi connectivity index (χ1) is 9.78. The molecule has 0 amide bonds. The largest absolute Gasteiger partial charge is 0.353 e. The monoisotopic (exact) mass is 305 g/mol. The second kappa shape index (κ2) is 4.71. The van der Waals surface area contributed by atoms with Gasteiger partial charge in [-0.3, -0.25) is 0 Å². The Bertz CT molecular complexity index is 761. The number of aromatic amines is 1. The number of imidazole rings is 1. The van der Waals surface area contributed by atoms with Gasteiger partial charge in [0.15, 0.2) is 0 Å². The van der Waals surface area contributed by atoms with Crippen LogP contribution in [-0.4, -0.2) is 19.3 Å². The highest BCUT2D eigenvalue weighted by atomic mass is 35.5. The summed E-state index contributed by atoms with van der Waals surface area (Å²) in [5.74, 6) is 2.44. The van der Waals surface area contributed by atoms with Gasteiger partial charge in [0.1, 0.15) is 11.6 Å². The van der Waals surface area contributed by atoms with Gasteiger partial charge < -0.3 is 10.3 Å². The third-order valence-electron chi connectivity index (χ3n) is 3.28. The Morgan fingerprint density at radius 2 is 2.25 bits per heavy atom. The van der Waals surface area contributed by atoms with Gasteiger partial charge in [0.25, 0.3) is 0 Å². The Kier molecular flexibility index (Phi) is 2.85. The molecular formula is C13H12ClN5S. The number of hydrogen-bond acceptors (Lipinski definition) is 5. The topological polar surface area (TPSA) is 66.5 Å². The molecule has 1 aromatic carbocycles. The van der Waals surface area contributed by atoms with Crippen LogP contribution < -0.4 is 5.32 Å². The molecule has 20 heavy (non-hydrogen) atoms. The van der Waals surface area contributed by atoms with Crippen molar-refractivity contribution in [3.05, 3.63) is 34.9 Å². The van der Waals surface area contributed by atoms with Gasteiger partial charge in [-0.15, -0.1) is 0 Å². The molecule has 0 bridgehead atoms. The molecule has 1 aliphatic carbocycles. The molecule has 0 aliphatic heterocycles. The second-order valence-electron chi connectivity index (χ2n) is 4.93. The van der Waals surface area contributed by atoms with Crippen LogP contribution in [0.15, 0.2) is 18.2 Å². The van der Waals surface area contributed by atoms with E-state index in [1.165, 1.54) is 24.4 Å². The van der Waals surface area contributed by atoms with Gasteiger partial charge in [-0.05, 0) is 31.0 Å². The molecule has 0 saturated heterocycles. The highest BCUT2D eigenvalue weighted by Crippen LogP contribution is 2.39. The van der Waals surface area contributed by atoms with Gasteiger partial charge in [-0.25, -0.2) is 9.97 Å². The van der Waals surface area contributed by atoms with E-state index in [0.717, 1.165) is 27.8 Å². The maximum Gasteiger partial charge on any atom is 0.202 e. The quantitative estimate of drug-likeness (QED) is 0.773. The number of fused-ring (bicyclic) bond motifs is 1. The van der Waals surface area contributed by atoms with E-state index < -0.39 is 0 Å². The molecule has 2 heterocycles. The van der Waals surface area contributed by atoms with Crippen LogP contribution in [0.4, 0.5) is 5.13 Å². The summed E-state index contributed by atoms with van der Waals surface area (Å²) in [5, 5.41) is 4.82. The Morgan fingerprint density at radius 1 is 1.35 bits per heavy atom. The normalized spacial score (nSPS) is 14.8. The summed E-state index contributed by atoms with van der Waals surface area (Å²) >= 11 is 7.37. The minimum atomic E-state index is 0.593. The van der Waals surface area contributed by atoms with E-state index >= 15 is 0 Å². The summed E-state index contributed by atoms with van der Waals surface area (Å²) < 4.78 is 4.36. The zero-order chi connectivity index (χ0) is 13.5. The van der Waals surface area contributed by atoms with E-state index in [0.29, 0.717) is 17.5 Å². The molecular weight excluding hydrogens is 294 g/mol. The minimum absolute atomic E-state index is 0.593. The van der Waals surface area contributed by atoms with Crippen molar-refractivity contribution >= 4 is 39.3 Å².